The molecule has 1 unspecified atom stereocenters. The van der Waals surface area contributed by atoms with Crippen LogP contribution in [-0.4, -0.2) is 72.1 Å². The molecule has 0 radical (unpaired) electrons. The van der Waals surface area contributed by atoms with Gasteiger partial charge in [0.2, 0.25) is 5.91 Å². The van der Waals surface area contributed by atoms with Crippen molar-refractivity contribution in [1.29, 1.82) is 0 Å². The third kappa shape index (κ3) is 4.70. The molecule has 0 aromatic rings. The Morgan fingerprint density at radius 3 is 2.24 bits per heavy atom. The summed E-state index contributed by atoms with van der Waals surface area (Å²) in [5, 5.41) is 11.1. The summed E-state index contributed by atoms with van der Waals surface area (Å²) in [5.41, 5.74) is 0. The quantitative estimate of drug-likeness (QED) is 0.662. The SMILES string of the molecule is CCN1CCN(CC(=O)NC(C)C(=O)O)CC1. The molecule has 1 rings (SSSR count). The van der Waals surface area contributed by atoms with E-state index in [9.17, 15) is 9.59 Å². The lowest BCUT2D eigenvalue weighted by Gasteiger charge is -2.33. The smallest absolute Gasteiger partial charge is 0.325 e. The van der Waals surface area contributed by atoms with Gasteiger partial charge in [-0.3, -0.25) is 14.5 Å². The number of carboxylic acids is 1. The van der Waals surface area contributed by atoms with Gasteiger partial charge in [-0.15, -0.1) is 0 Å². The number of hydrogen-bond acceptors (Lipinski definition) is 4. The fourth-order valence-electron chi connectivity index (χ4n) is 1.82. The van der Waals surface area contributed by atoms with E-state index in [2.05, 4.69) is 22.0 Å². The monoisotopic (exact) mass is 243 g/mol. The van der Waals surface area contributed by atoms with Gasteiger partial charge in [0.15, 0.2) is 0 Å². The van der Waals surface area contributed by atoms with Crippen molar-refractivity contribution in [3.8, 4) is 0 Å². The molecule has 1 aliphatic heterocycles. The zero-order valence-corrected chi connectivity index (χ0v) is 10.5. The third-order valence-electron chi connectivity index (χ3n) is 3.03. The van der Waals surface area contributed by atoms with Crippen molar-refractivity contribution in [2.45, 2.75) is 19.9 Å². The first-order valence-electron chi connectivity index (χ1n) is 5.99. The summed E-state index contributed by atoms with van der Waals surface area (Å²) in [6.07, 6.45) is 0. The van der Waals surface area contributed by atoms with Crippen LogP contribution in [0.15, 0.2) is 0 Å². The lowest BCUT2D eigenvalue weighted by molar-refractivity contribution is -0.141. The van der Waals surface area contributed by atoms with Crippen molar-refractivity contribution < 1.29 is 14.7 Å². The summed E-state index contributed by atoms with van der Waals surface area (Å²) >= 11 is 0. The second-order valence-corrected chi connectivity index (χ2v) is 4.34. The Hall–Kier alpha value is -1.14. The van der Waals surface area contributed by atoms with E-state index >= 15 is 0 Å². The molecule has 1 aliphatic rings. The van der Waals surface area contributed by atoms with E-state index in [0.717, 1.165) is 32.7 Å². The Labute approximate surface area is 102 Å². The van der Waals surface area contributed by atoms with Crippen molar-refractivity contribution in [3.63, 3.8) is 0 Å². The third-order valence-corrected chi connectivity index (χ3v) is 3.03. The number of aliphatic carboxylic acids is 1. The minimum absolute atomic E-state index is 0.218. The predicted molar refractivity (Wildman–Crippen MR) is 63.8 cm³/mol. The van der Waals surface area contributed by atoms with Crippen LogP contribution in [0.5, 0.6) is 0 Å². The Morgan fingerprint density at radius 1 is 1.24 bits per heavy atom. The number of nitrogens with zero attached hydrogens (tertiary/aromatic N) is 2. The van der Waals surface area contributed by atoms with Crippen molar-refractivity contribution in [3.05, 3.63) is 0 Å². The van der Waals surface area contributed by atoms with Crippen molar-refractivity contribution in [1.82, 2.24) is 15.1 Å². The lowest BCUT2D eigenvalue weighted by Crippen LogP contribution is -2.50. The predicted octanol–water partition coefficient (Wildman–Crippen LogP) is -0.787. The molecule has 1 heterocycles. The lowest BCUT2D eigenvalue weighted by atomic mass is 10.3. The van der Waals surface area contributed by atoms with E-state index in [4.69, 9.17) is 5.11 Å². The van der Waals surface area contributed by atoms with Crippen molar-refractivity contribution in [2.24, 2.45) is 0 Å². The van der Waals surface area contributed by atoms with Gasteiger partial charge >= 0.3 is 5.97 Å². The van der Waals surface area contributed by atoms with Gasteiger partial charge in [0.1, 0.15) is 6.04 Å². The molecule has 6 heteroatoms. The van der Waals surface area contributed by atoms with Gasteiger partial charge in [-0.1, -0.05) is 6.92 Å². The van der Waals surface area contributed by atoms with Gasteiger partial charge in [-0.25, -0.2) is 0 Å². The molecule has 2 N–H and O–H groups in total. The first kappa shape index (κ1) is 13.9. The number of carbonyl (C=O) groups is 2. The fourth-order valence-corrected chi connectivity index (χ4v) is 1.82. The van der Waals surface area contributed by atoms with Crippen LogP contribution >= 0.6 is 0 Å². The number of carboxylic acid groups (broad SMARTS) is 1. The molecule has 6 nitrogen and oxygen atoms in total. The molecule has 0 bridgehead atoms. The van der Waals surface area contributed by atoms with Gasteiger partial charge in [0.05, 0.1) is 6.54 Å². The highest BCUT2D eigenvalue weighted by Crippen LogP contribution is 2.00. The van der Waals surface area contributed by atoms with Gasteiger partial charge in [-0.05, 0) is 13.5 Å². The molecule has 1 fully saturated rings. The van der Waals surface area contributed by atoms with Crippen LogP contribution in [-0.2, 0) is 9.59 Å². The van der Waals surface area contributed by atoms with Crippen LogP contribution in [0.2, 0.25) is 0 Å². The maximum absolute atomic E-state index is 11.5. The van der Waals surface area contributed by atoms with Crippen LogP contribution in [0.3, 0.4) is 0 Å². The summed E-state index contributed by atoms with van der Waals surface area (Å²) in [7, 11) is 0. The van der Waals surface area contributed by atoms with E-state index in [1.54, 1.807) is 0 Å². The summed E-state index contributed by atoms with van der Waals surface area (Å²) in [5.74, 6) is -1.22. The summed E-state index contributed by atoms with van der Waals surface area (Å²) in [6.45, 7) is 8.58. The molecule has 0 aliphatic carbocycles. The van der Waals surface area contributed by atoms with Crippen LogP contribution in [0.25, 0.3) is 0 Å². The Balaban J connectivity index is 2.26. The highest BCUT2D eigenvalue weighted by molar-refractivity contribution is 5.84. The van der Waals surface area contributed by atoms with Crippen LogP contribution < -0.4 is 5.32 Å². The standard InChI is InChI=1S/C11H21N3O3/c1-3-13-4-6-14(7-5-13)8-10(15)12-9(2)11(16)17/h9H,3-8H2,1-2H3,(H,12,15)(H,16,17). The average molecular weight is 243 g/mol. The van der Waals surface area contributed by atoms with Crippen LogP contribution in [0.1, 0.15) is 13.8 Å². The molecule has 98 valence electrons. The molecule has 0 saturated carbocycles. The molecular formula is C11H21N3O3. The van der Waals surface area contributed by atoms with Gasteiger partial charge < -0.3 is 15.3 Å². The second kappa shape index (κ2) is 6.56. The fraction of sp³-hybridized carbons (Fsp3) is 0.818. The maximum Gasteiger partial charge on any atom is 0.325 e. The zero-order valence-electron chi connectivity index (χ0n) is 10.5. The normalized spacial score (nSPS) is 19.9. The Morgan fingerprint density at radius 2 is 1.76 bits per heavy atom. The Kier molecular flexibility index (Phi) is 5.37. The number of carbonyl (C=O) groups excluding carboxylic acids is 1. The topological polar surface area (TPSA) is 72.9 Å². The molecular weight excluding hydrogens is 222 g/mol. The minimum atomic E-state index is -1.01. The molecule has 17 heavy (non-hydrogen) atoms. The number of likely N-dealkylation sites (N-methyl/N-ethyl adjacent to an activating group) is 1. The molecule has 0 aromatic carbocycles. The largest absolute Gasteiger partial charge is 0.480 e. The van der Waals surface area contributed by atoms with Crippen LogP contribution in [0.4, 0.5) is 0 Å². The Bertz CT molecular complexity index is 275. The summed E-state index contributed by atoms with van der Waals surface area (Å²) < 4.78 is 0. The van der Waals surface area contributed by atoms with Crippen LogP contribution in [0, 0.1) is 0 Å². The van der Waals surface area contributed by atoms with Gasteiger partial charge in [0, 0.05) is 26.2 Å². The van der Waals surface area contributed by atoms with Crippen molar-refractivity contribution >= 4 is 11.9 Å². The minimum Gasteiger partial charge on any atom is -0.480 e. The molecule has 1 saturated heterocycles. The summed E-state index contributed by atoms with van der Waals surface area (Å²) in [4.78, 5) is 26.5. The number of piperazine rings is 1. The van der Waals surface area contributed by atoms with E-state index in [1.165, 1.54) is 6.92 Å². The first-order valence-corrected chi connectivity index (χ1v) is 5.99. The number of rotatable bonds is 5. The number of nitrogens with one attached hydrogen (secondary N) is 1. The zero-order chi connectivity index (χ0) is 12.8. The molecule has 1 atom stereocenters. The summed E-state index contributed by atoms with van der Waals surface area (Å²) in [6, 6.07) is -0.820. The number of amides is 1. The average Bonchev–Trinajstić information content (AvgIpc) is 2.29. The molecule has 0 aromatic heterocycles. The van der Waals surface area contributed by atoms with Gasteiger partial charge in [-0.2, -0.15) is 0 Å². The van der Waals surface area contributed by atoms with E-state index in [-0.39, 0.29) is 12.5 Å². The highest BCUT2D eigenvalue weighted by atomic mass is 16.4. The number of hydrogen-bond donors (Lipinski definition) is 2. The second-order valence-electron chi connectivity index (χ2n) is 4.34. The maximum atomic E-state index is 11.5. The first-order chi connectivity index (χ1) is 8.02. The van der Waals surface area contributed by atoms with Gasteiger partial charge in [0.25, 0.3) is 0 Å². The van der Waals surface area contributed by atoms with E-state index in [1.807, 2.05) is 0 Å². The molecule has 1 amide bonds. The van der Waals surface area contributed by atoms with E-state index in [0.29, 0.717) is 0 Å². The molecule has 0 spiro atoms. The van der Waals surface area contributed by atoms with E-state index < -0.39 is 12.0 Å². The van der Waals surface area contributed by atoms with Crippen molar-refractivity contribution in [2.75, 3.05) is 39.3 Å². The highest BCUT2D eigenvalue weighted by Gasteiger charge is 2.19.